The van der Waals surface area contributed by atoms with Crippen molar-refractivity contribution in [1.82, 2.24) is 15.3 Å². The van der Waals surface area contributed by atoms with E-state index in [4.69, 9.17) is 0 Å². The fourth-order valence-electron chi connectivity index (χ4n) is 4.18. The first-order valence-electron chi connectivity index (χ1n) is 12.0. The highest BCUT2D eigenvalue weighted by Crippen LogP contribution is 2.25. The van der Waals surface area contributed by atoms with Crippen LogP contribution in [0.5, 0.6) is 0 Å². The van der Waals surface area contributed by atoms with Crippen LogP contribution in [0.1, 0.15) is 60.2 Å². The van der Waals surface area contributed by atoms with E-state index in [1.807, 2.05) is 30.1 Å². The third-order valence-corrected chi connectivity index (χ3v) is 6.33. The second-order valence-corrected chi connectivity index (χ2v) is 8.98. The molecule has 2 amide bonds. The van der Waals surface area contributed by atoms with Crippen LogP contribution in [-0.2, 0) is 22.7 Å². The van der Waals surface area contributed by atoms with E-state index < -0.39 is 0 Å². The summed E-state index contributed by atoms with van der Waals surface area (Å²) in [5.41, 5.74) is 4.63. The van der Waals surface area contributed by atoms with Gasteiger partial charge >= 0.3 is 0 Å². The number of fused-ring (bicyclic) bond motifs is 1. The van der Waals surface area contributed by atoms with E-state index in [-0.39, 0.29) is 30.7 Å². The molecule has 7 heteroatoms. The van der Waals surface area contributed by atoms with Crippen LogP contribution in [0, 0.1) is 6.92 Å². The molecule has 0 spiro atoms. The van der Waals surface area contributed by atoms with Crippen LogP contribution < -0.4 is 10.2 Å². The van der Waals surface area contributed by atoms with Crippen molar-refractivity contribution in [2.45, 2.75) is 53.1 Å². The van der Waals surface area contributed by atoms with E-state index >= 15 is 0 Å². The van der Waals surface area contributed by atoms with Crippen molar-refractivity contribution >= 4 is 23.3 Å². The molecule has 0 aliphatic carbocycles. The number of hydrogen-bond acceptors (Lipinski definition) is 5. The largest absolute Gasteiger partial charge is 0.355 e. The molecule has 1 aliphatic heterocycles. The van der Waals surface area contributed by atoms with Crippen LogP contribution in [0.25, 0.3) is 0 Å². The second-order valence-electron chi connectivity index (χ2n) is 8.98. The summed E-state index contributed by atoms with van der Waals surface area (Å²) in [6.07, 6.45) is 3.07. The Morgan fingerprint density at radius 1 is 1.00 bits per heavy atom. The summed E-state index contributed by atoms with van der Waals surface area (Å²) in [5.74, 6) is -0.296. The fraction of sp³-hybridized carbons (Fsp3) is 0.444. The summed E-state index contributed by atoms with van der Waals surface area (Å²) in [6.45, 7) is 7.62. The van der Waals surface area contributed by atoms with Crippen LogP contribution in [0.15, 0.2) is 42.5 Å². The average Bonchev–Trinajstić information content (AvgIpc) is 3.25. The molecule has 0 aromatic heterocycles. The monoisotopic (exact) mass is 464 g/mol. The van der Waals surface area contributed by atoms with Gasteiger partial charge < -0.3 is 10.2 Å². The first-order valence-corrected chi connectivity index (χ1v) is 12.0. The van der Waals surface area contributed by atoms with Crippen molar-refractivity contribution in [3.8, 4) is 0 Å². The van der Waals surface area contributed by atoms with E-state index in [2.05, 4.69) is 24.4 Å². The number of nitrogens with zero attached hydrogens (tertiary/aromatic N) is 3. The first-order chi connectivity index (χ1) is 16.3. The molecule has 0 bridgehead atoms. The number of unbranched alkanes of at least 4 members (excludes halogenated alkanes) is 2. The van der Waals surface area contributed by atoms with E-state index in [1.54, 1.807) is 29.1 Å². The zero-order valence-corrected chi connectivity index (χ0v) is 20.8. The maximum atomic E-state index is 13.3. The molecule has 0 radical (unpaired) electrons. The third kappa shape index (κ3) is 6.44. The van der Waals surface area contributed by atoms with Gasteiger partial charge in [0.05, 0.1) is 13.1 Å². The minimum Gasteiger partial charge on any atom is -0.355 e. The van der Waals surface area contributed by atoms with Crippen molar-refractivity contribution in [2.75, 3.05) is 31.6 Å². The Hall–Kier alpha value is -3.19. The van der Waals surface area contributed by atoms with E-state index in [9.17, 15) is 14.4 Å². The number of likely N-dealkylation sites (N-methyl/N-ethyl adjacent to an activating group) is 1. The fourth-order valence-corrected chi connectivity index (χ4v) is 4.18. The van der Waals surface area contributed by atoms with E-state index in [1.165, 1.54) is 18.1 Å². The number of amides is 2. The zero-order valence-electron chi connectivity index (χ0n) is 20.8. The Labute approximate surface area is 202 Å². The molecule has 0 saturated heterocycles. The molecule has 1 N–H and O–H groups in total. The third-order valence-electron chi connectivity index (χ3n) is 6.33. The smallest absolute Gasteiger partial charge is 0.256 e. The van der Waals surface area contributed by atoms with Gasteiger partial charge in [0, 0.05) is 37.9 Å². The number of carbonyl (C=O) groups is 3. The second kappa shape index (κ2) is 11.8. The van der Waals surface area contributed by atoms with Gasteiger partial charge in [0.1, 0.15) is 0 Å². The van der Waals surface area contributed by atoms with Gasteiger partial charge in [-0.25, -0.2) is 5.01 Å². The van der Waals surface area contributed by atoms with Gasteiger partial charge in [0.15, 0.2) is 5.78 Å². The lowest BCUT2D eigenvalue weighted by molar-refractivity contribution is -0.145. The lowest BCUT2D eigenvalue weighted by atomic mass is 10.1. The molecule has 0 atom stereocenters. The average molecular weight is 465 g/mol. The van der Waals surface area contributed by atoms with Crippen LogP contribution in [0.4, 0.5) is 5.69 Å². The zero-order chi connectivity index (χ0) is 24.7. The summed E-state index contributed by atoms with van der Waals surface area (Å²) in [7, 11) is 1.77. The minimum absolute atomic E-state index is 0.0356. The van der Waals surface area contributed by atoms with Gasteiger partial charge in [0.25, 0.3) is 5.91 Å². The molecule has 34 heavy (non-hydrogen) atoms. The van der Waals surface area contributed by atoms with Crippen molar-refractivity contribution in [3.05, 3.63) is 64.7 Å². The maximum absolute atomic E-state index is 13.3. The highest BCUT2D eigenvalue weighted by molar-refractivity contribution is 5.96. The van der Waals surface area contributed by atoms with E-state index in [0.717, 1.165) is 30.5 Å². The van der Waals surface area contributed by atoms with Crippen LogP contribution in [0.2, 0.25) is 0 Å². The highest BCUT2D eigenvalue weighted by Gasteiger charge is 2.27. The van der Waals surface area contributed by atoms with Crippen molar-refractivity contribution < 1.29 is 14.4 Å². The molecule has 2 aromatic rings. The number of nitrogens with one attached hydrogen (secondary N) is 1. The van der Waals surface area contributed by atoms with Crippen LogP contribution in [-0.4, -0.2) is 54.3 Å². The Bertz CT molecular complexity index is 1010. The van der Waals surface area contributed by atoms with Crippen molar-refractivity contribution in [2.24, 2.45) is 0 Å². The number of aryl methyl sites for hydroxylation is 1. The normalized spacial score (nSPS) is 12.8. The molecule has 2 aromatic carbocycles. The van der Waals surface area contributed by atoms with Gasteiger partial charge in [-0.15, -0.1) is 0 Å². The van der Waals surface area contributed by atoms with Crippen molar-refractivity contribution in [3.63, 3.8) is 0 Å². The molecule has 182 valence electrons. The van der Waals surface area contributed by atoms with E-state index in [0.29, 0.717) is 25.2 Å². The number of rotatable bonds is 11. The topological polar surface area (TPSA) is 73.0 Å². The molecular weight excluding hydrogens is 428 g/mol. The number of ketones is 1. The number of carbonyl (C=O) groups excluding carboxylic acids is 3. The van der Waals surface area contributed by atoms with Gasteiger partial charge in [-0.05, 0) is 43.0 Å². The lowest BCUT2D eigenvalue weighted by Crippen LogP contribution is -2.48. The Balaban J connectivity index is 1.75. The molecule has 7 nitrogen and oxygen atoms in total. The summed E-state index contributed by atoms with van der Waals surface area (Å²) in [5, 5.41) is 6.62. The predicted molar refractivity (Wildman–Crippen MR) is 134 cm³/mol. The van der Waals surface area contributed by atoms with Crippen molar-refractivity contribution in [1.29, 1.82) is 0 Å². The van der Waals surface area contributed by atoms with Crippen LogP contribution >= 0.6 is 0 Å². The molecule has 1 heterocycles. The predicted octanol–water partition coefficient (Wildman–Crippen LogP) is 3.70. The minimum atomic E-state index is -0.132. The summed E-state index contributed by atoms with van der Waals surface area (Å²) in [4.78, 5) is 39.8. The Morgan fingerprint density at radius 2 is 1.68 bits per heavy atom. The summed E-state index contributed by atoms with van der Waals surface area (Å²) in [6, 6.07) is 13.6. The number of hydrazine groups is 1. The SMILES string of the molecule is CCCCCNC(=O)CN(CC(=O)N(C)N1Cc2ccccc2C1)c1cc(C(C)=O)ccc1C. The Kier molecular flexibility index (Phi) is 8.82. The maximum Gasteiger partial charge on any atom is 0.256 e. The molecule has 0 saturated carbocycles. The van der Waals surface area contributed by atoms with Gasteiger partial charge in [0.2, 0.25) is 5.91 Å². The Morgan fingerprint density at radius 3 is 2.29 bits per heavy atom. The van der Waals surface area contributed by atoms with Gasteiger partial charge in [-0.2, -0.15) is 0 Å². The first kappa shape index (κ1) is 25.4. The summed E-state index contributed by atoms with van der Waals surface area (Å²) < 4.78 is 0. The van der Waals surface area contributed by atoms with Gasteiger partial charge in [-0.1, -0.05) is 56.2 Å². The summed E-state index contributed by atoms with van der Waals surface area (Å²) >= 11 is 0. The lowest BCUT2D eigenvalue weighted by Gasteiger charge is -2.32. The highest BCUT2D eigenvalue weighted by atomic mass is 16.2. The van der Waals surface area contributed by atoms with Gasteiger partial charge in [-0.3, -0.25) is 19.4 Å². The standard InChI is InChI=1S/C27H36N4O3/c1-5-6-9-14-28-26(33)18-30(25-15-22(21(3)32)13-12-20(25)2)19-27(34)29(4)31-16-23-10-7-8-11-24(23)17-31/h7-8,10-13,15H,5-6,9,14,16-19H2,1-4H3,(H,28,33). The molecule has 0 unspecified atom stereocenters. The number of Topliss-reactive ketones (excluding diaryl/α,β-unsaturated/α-hetero) is 1. The molecule has 0 fully saturated rings. The number of hydrogen-bond donors (Lipinski definition) is 1. The quantitative estimate of drug-likeness (QED) is 0.406. The van der Waals surface area contributed by atoms with Crippen LogP contribution in [0.3, 0.4) is 0 Å². The molecular formula is C27H36N4O3. The molecule has 1 aliphatic rings. The molecule has 3 rings (SSSR count). The number of benzene rings is 2. The number of anilines is 1.